The molecular formula is C11H26N2. The van der Waals surface area contributed by atoms with Crippen LogP contribution in [0.2, 0.25) is 0 Å². The summed E-state index contributed by atoms with van der Waals surface area (Å²) in [7, 11) is 0. The fourth-order valence-corrected chi connectivity index (χ4v) is 1.07. The fourth-order valence-electron chi connectivity index (χ4n) is 1.07. The quantitative estimate of drug-likeness (QED) is 0.620. The van der Waals surface area contributed by atoms with Crippen molar-refractivity contribution in [2.75, 3.05) is 19.6 Å². The number of hydrogen-bond donors (Lipinski definition) is 2. The van der Waals surface area contributed by atoms with Crippen LogP contribution in [-0.4, -0.2) is 25.2 Å². The Morgan fingerprint density at radius 3 is 2.15 bits per heavy atom. The molecule has 0 saturated heterocycles. The molecule has 0 radical (unpaired) electrons. The molecule has 2 heteroatoms. The summed E-state index contributed by atoms with van der Waals surface area (Å²) in [6, 6.07) is 0. The van der Waals surface area contributed by atoms with E-state index in [1.54, 1.807) is 0 Å². The van der Waals surface area contributed by atoms with Crippen molar-refractivity contribution >= 4 is 0 Å². The van der Waals surface area contributed by atoms with Gasteiger partial charge in [-0.2, -0.15) is 0 Å². The first-order valence-electron chi connectivity index (χ1n) is 5.37. The van der Waals surface area contributed by atoms with Gasteiger partial charge in [0.25, 0.3) is 0 Å². The van der Waals surface area contributed by atoms with Gasteiger partial charge in [-0.3, -0.25) is 0 Å². The molecule has 80 valence electrons. The van der Waals surface area contributed by atoms with E-state index in [-0.39, 0.29) is 5.54 Å². The molecule has 0 unspecified atom stereocenters. The molecule has 13 heavy (non-hydrogen) atoms. The maximum absolute atomic E-state index is 3.47. The molecule has 0 spiro atoms. The van der Waals surface area contributed by atoms with Gasteiger partial charge in [0.05, 0.1) is 0 Å². The Labute approximate surface area is 83.5 Å². The number of hydrogen-bond acceptors (Lipinski definition) is 2. The second-order valence-electron chi connectivity index (χ2n) is 5.13. The molecule has 0 amide bonds. The van der Waals surface area contributed by atoms with Crippen molar-refractivity contribution in [3.05, 3.63) is 0 Å². The second kappa shape index (κ2) is 6.39. The largest absolute Gasteiger partial charge is 0.316 e. The highest BCUT2D eigenvalue weighted by atomic mass is 14.9. The average Bonchev–Trinajstić information content (AvgIpc) is 1.93. The van der Waals surface area contributed by atoms with Crippen molar-refractivity contribution in [3.8, 4) is 0 Å². The number of rotatable bonds is 6. The van der Waals surface area contributed by atoms with Gasteiger partial charge >= 0.3 is 0 Å². The Morgan fingerprint density at radius 2 is 1.69 bits per heavy atom. The normalized spacial score (nSPS) is 12.5. The van der Waals surface area contributed by atoms with Gasteiger partial charge in [0, 0.05) is 5.54 Å². The molecule has 0 aliphatic carbocycles. The van der Waals surface area contributed by atoms with E-state index in [4.69, 9.17) is 0 Å². The van der Waals surface area contributed by atoms with Crippen molar-refractivity contribution < 1.29 is 0 Å². The zero-order chi connectivity index (χ0) is 10.3. The van der Waals surface area contributed by atoms with E-state index in [9.17, 15) is 0 Å². The van der Waals surface area contributed by atoms with Gasteiger partial charge < -0.3 is 10.6 Å². The van der Waals surface area contributed by atoms with E-state index in [0.29, 0.717) is 0 Å². The minimum Gasteiger partial charge on any atom is -0.316 e. The molecule has 0 bridgehead atoms. The van der Waals surface area contributed by atoms with Crippen LogP contribution < -0.4 is 10.6 Å². The van der Waals surface area contributed by atoms with Crippen LogP contribution in [-0.2, 0) is 0 Å². The van der Waals surface area contributed by atoms with Crippen LogP contribution in [0.4, 0.5) is 0 Å². The van der Waals surface area contributed by atoms with Crippen molar-refractivity contribution in [1.29, 1.82) is 0 Å². The van der Waals surface area contributed by atoms with Crippen LogP contribution in [0, 0.1) is 5.92 Å². The SMILES string of the molecule is CC(C)CNCCCNC(C)(C)C. The van der Waals surface area contributed by atoms with Crippen LogP contribution in [0.1, 0.15) is 41.0 Å². The third-order valence-corrected chi connectivity index (χ3v) is 1.74. The fraction of sp³-hybridized carbons (Fsp3) is 1.00. The van der Waals surface area contributed by atoms with Gasteiger partial charge in [0.2, 0.25) is 0 Å². The Kier molecular flexibility index (Phi) is 6.35. The van der Waals surface area contributed by atoms with Gasteiger partial charge in [-0.25, -0.2) is 0 Å². The molecule has 0 aromatic rings. The standard InChI is InChI=1S/C11H26N2/c1-10(2)9-12-7-6-8-13-11(3,4)5/h10,12-13H,6-9H2,1-5H3. The van der Waals surface area contributed by atoms with E-state index in [0.717, 1.165) is 25.6 Å². The van der Waals surface area contributed by atoms with E-state index >= 15 is 0 Å². The Balaban J connectivity index is 3.09. The van der Waals surface area contributed by atoms with Crippen LogP contribution in [0.5, 0.6) is 0 Å². The Hall–Kier alpha value is -0.0800. The first-order chi connectivity index (χ1) is 5.92. The lowest BCUT2D eigenvalue weighted by atomic mass is 10.1. The molecule has 0 aliphatic heterocycles. The highest BCUT2D eigenvalue weighted by Crippen LogP contribution is 1.97. The smallest absolute Gasteiger partial charge is 0.00965 e. The molecule has 0 aliphatic rings. The van der Waals surface area contributed by atoms with Gasteiger partial charge in [0.15, 0.2) is 0 Å². The molecule has 0 heterocycles. The predicted octanol–water partition coefficient (Wildman–Crippen LogP) is 2.01. The third kappa shape index (κ3) is 11.9. The Bertz CT molecular complexity index is 114. The zero-order valence-electron chi connectivity index (χ0n) is 9.91. The highest BCUT2D eigenvalue weighted by molar-refractivity contribution is 4.69. The summed E-state index contributed by atoms with van der Waals surface area (Å²) >= 11 is 0. The molecule has 0 saturated carbocycles. The lowest BCUT2D eigenvalue weighted by Gasteiger charge is -2.20. The average molecular weight is 186 g/mol. The topological polar surface area (TPSA) is 24.1 Å². The molecule has 0 aromatic carbocycles. The third-order valence-electron chi connectivity index (χ3n) is 1.74. The van der Waals surface area contributed by atoms with Crippen LogP contribution >= 0.6 is 0 Å². The molecule has 0 rings (SSSR count). The van der Waals surface area contributed by atoms with Gasteiger partial charge in [-0.15, -0.1) is 0 Å². The summed E-state index contributed by atoms with van der Waals surface area (Å²) in [4.78, 5) is 0. The minimum absolute atomic E-state index is 0.262. The molecular weight excluding hydrogens is 160 g/mol. The molecule has 2 N–H and O–H groups in total. The van der Waals surface area contributed by atoms with E-state index < -0.39 is 0 Å². The maximum atomic E-state index is 3.47. The maximum Gasteiger partial charge on any atom is 0.00965 e. The van der Waals surface area contributed by atoms with Crippen molar-refractivity contribution in [1.82, 2.24) is 10.6 Å². The van der Waals surface area contributed by atoms with Gasteiger partial charge in [-0.05, 0) is 52.7 Å². The molecule has 2 nitrogen and oxygen atoms in total. The summed E-state index contributed by atoms with van der Waals surface area (Å²) in [5.41, 5.74) is 0.262. The summed E-state index contributed by atoms with van der Waals surface area (Å²) in [6.07, 6.45) is 1.21. The first kappa shape index (κ1) is 12.9. The van der Waals surface area contributed by atoms with Crippen molar-refractivity contribution in [3.63, 3.8) is 0 Å². The van der Waals surface area contributed by atoms with Crippen LogP contribution in [0.3, 0.4) is 0 Å². The second-order valence-corrected chi connectivity index (χ2v) is 5.13. The summed E-state index contributed by atoms with van der Waals surface area (Å²) in [5.74, 6) is 0.760. The molecule has 0 fully saturated rings. The van der Waals surface area contributed by atoms with Gasteiger partial charge in [-0.1, -0.05) is 13.8 Å². The van der Waals surface area contributed by atoms with Crippen molar-refractivity contribution in [2.45, 2.75) is 46.6 Å². The highest BCUT2D eigenvalue weighted by Gasteiger charge is 2.06. The first-order valence-corrected chi connectivity index (χ1v) is 5.37. The zero-order valence-corrected chi connectivity index (χ0v) is 9.91. The summed E-state index contributed by atoms with van der Waals surface area (Å²) in [5, 5.41) is 6.90. The van der Waals surface area contributed by atoms with Crippen molar-refractivity contribution in [2.24, 2.45) is 5.92 Å². The Morgan fingerprint density at radius 1 is 1.08 bits per heavy atom. The van der Waals surface area contributed by atoms with E-state index in [1.165, 1.54) is 6.42 Å². The summed E-state index contributed by atoms with van der Waals surface area (Å²) in [6.45, 7) is 14.4. The van der Waals surface area contributed by atoms with Crippen LogP contribution in [0.15, 0.2) is 0 Å². The lowest BCUT2D eigenvalue weighted by molar-refractivity contribution is 0.416. The number of nitrogens with one attached hydrogen (secondary N) is 2. The molecule has 0 atom stereocenters. The minimum atomic E-state index is 0.262. The lowest BCUT2D eigenvalue weighted by Crippen LogP contribution is -2.37. The monoisotopic (exact) mass is 186 g/mol. The summed E-state index contributed by atoms with van der Waals surface area (Å²) < 4.78 is 0. The molecule has 0 aromatic heterocycles. The van der Waals surface area contributed by atoms with E-state index in [2.05, 4.69) is 45.3 Å². The predicted molar refractivity (Wildman–Crippen MR) is 60.1 cm³/mol. The van der Waals surface area contributed by atoms with Gasteiger partial charge in [0.1, 0.15) is 0 Å². The van der Waals surface area contributed by atoms with Crippen LogP contribution in [0.25, 0.3) is 0 Å². The van der Waals surface area contributed by atoms with E-state index in [1.807, 2.05) is 0 Å².